The largest absolute Gasteiger partial charge is 0.478 e. The maximum Gasteiger partial charge on any atom is 0.337 e. The number of nitrogens with two attached hydrogens (primary N) is 1. The van der Waals surface area contributed by atoms with Gasteiger partial charge in [0.2, 0.25) is 0 Å². The Morgan fingerprint density at radius 2 is 2.21 bits per heavy atom. The Balaban J connectivity index is 2.19. The second kappa shape index (κ2) is 5.34. The molecule has 0 unspecified atom stereocenters. The maximum absolute atomic E-state index is 11.0. The minimum Gasteiger partial charge on any atom is -0.478 e. The number of aromatic carboxylic acids is 1. The van der Waals surface area contributed by atoms with Gasteiger partial charge in [-0.15, -0.1) is 0 Å². The lowest BCUT2D eigenvalue weighted by Crippen LogP contribution is -2.10. The van der Waals surface area contributed by atoms with Crippen LogP contribution in [0.25, 0.3) is 0 Å². The summed E-state index contributed by atoms with van der Waals surface area (Å²) < 4.78 is 0. The van der Waals surface area contributed by atoms with E-state index in [0.717, 1.165) is 11.1 Å². The zero-order valence-corrected chi connectivity index (χ0v) is 10.4. The highest BCUT2D eigenvalue weighted by atomic mass is 16.4. The van der Waals surface area contributed by atoms with E-state index in [1.165, 1.54) is 12.3 Å². The number of carboxylic acid groups (broad SMARTS) is 1. The van der Waals surface area contributed by atoms with Gasteiger partial charge in [0.05, 0.1) is 11.3 Å². The van der Waals surface area contributed by atoms with Crippen molar-refractivity contribution in [3.05, 3.63) is 47.4 Å². The molecule has 0 bridgehead atoms. The van der Waals surface area contributed by atoms with Crippen LogP contribution in [0.1, 0.15) is 21.5 Å². The van der Waals surface area contributed by atoms with E-state index in [-0.39, 0.29) is 11.3 Å². The molecule has 0 aliphatic rings. The Kier molecular flexibility index (Phi) is 3.61. The summed E-state index contributed by atoms with van der Waals surface area (Å²) in [4.78, 5) is 19.0. The molecule has 2 rings (SSSR count). The third kappa shape index (κ3) is 2.79. The molecule has 0 amide bonds. The Morgan fingerprint density at radius 3 is 2.89 bits per heavy atom. The minimum atomic E-state index is -1.07. The van der Waals surface area contributed by atoms with Gasteiger partial charge in [0, 0.05) is 25.1 Å². The van der Waals surface area contributed by atoms with E-state index in [0.29, 0.717) is 12.4 Å². The van der Waals surface area contributed by atoms with Crippen LogP contribution in [0.5, 0.6) is 0 Å². The van der Waals surface area contributed by atoms with Crippen LogP contribution in [-0.4, -0.2) is 21.0 Å². The van der Waals surface area contributed by atoms with E-state index < -0.39 is 5.97 Å². The monoisotopic (exact) mass is 258 g/mol. The van der Waals surface area contributed by atoms with Gasteiger partial charge in [-0.3, -0.25) is 4.98 Å². The van der Waals surface area contributed by atoms with Gasteiger partial charge in [0.25, 0.3) is 0 Å². The number of rotatable bonds is 4. The number of anilines is 2. The Labute approximate surface area is 110 Å². The number of nitrogens with one attached hydrogen (secondary N) is 1. The van der Waals surface area contributed by atoms with Crippen molar-refractivity contribution in [3.8, 4) is 0 Å². The average Bonchev–Trinajstić information content (AvgIpc) is 2.39. The van der Waals surface area contributed by atoms with Crippen molar-refractivity contribution in [2.24, 2.45) is 0 Å². The van der Waals surface area contributed by atoms with Gasteiger partial charge in [0.15, 0.2) is 0 Å². The fraction of sp³-hybridized carbons (Fsp3) is 0.154. The summed E-state index contributed by atoms with van der Waals surface area (Å²) >= 11 is 0. The van der Waals surface area contributed by atoms with Crippen molar-refractivity contribution < 1.29 is 9.90 Å². The smallest absolute Gasteiger partial charge is 0.337 e. The molecule has 2 heterocycles. The first-order valence-corrected chi connectivity index (χ1v) is 5.70. The predicted octanol–water partition coefficient (Wildman–Crippen LogP) is 1.68. The van der Waals surface area contributed by atoms with Gasteiger partial charge < -0.3 is 16.2 Å². The highest BCUT2D eigenvalue weighted by molar-refractivity contribution is 5.96. The molecule has 0 atom stereocenters. The van der Waals surface area contributed by atoms with Crippen molar-refractivity contribution in [1.29, 1.82) is 0 Å². The minimum absolute atomic E-state index is 0.0453. The molecule has 0 aliphatic carbocycles. The highest BCUT2D eigenvalue weighted by Gasteiger charge is 2.12. The van der Waals surface area contributed by atoms with Crippen LogP contribution in [0.2, 0.25) is 0 Å². The summed E-state index contributed by atoms with van der Waals surface area (Å²) in [6.45, 7) is 2.46. The fourth-order valence-corrected chi connectivity index (χ4v) is 1.68. The molecule has 19 heavy (non-hydrogen) atoms. The van der Waals surface area contributed by atoms with Crippen molar-refractivity contribution in [2.75, 3.05) is 11.1 Å². The number of carboxylic acids is 1. The van der Waals surface area contributed by atoms with Crippen molar-refractivity contribution in [2.45, 2.75) is 13.5 Å². The second-order valence-corrected chi connectivity index (χ2v) is 4.08. The standard InChI is InChI=1S/C13H14N4O2/c1-8-6-15-4-2-9(8)7-17-12-11(14)10(13(18)19)3-5-16-12/h2-6H,7,14H2,1H3,(H,16,17)(H,18,19). The molecule has 6 heteroatoms. The first-order valence-electron chi connectivity index (χ1n) is 5.70. The summed E-state index contributed by atoms with van der Waals surface area (Å²) in [5.74, 6) is -0.695. The Bertz CT molecular complexity index is 613. The number of carbonyl (C=O) groups is 1. The number of nitrogen functional groups attached to an aromatic ring is 1. The molecule has 0 saturated carbocycles. The third-order valence-electron chi connectivity index (χ3n) is 2.80. The van der Waals surface area contributed by atoms with E-state index in [4.69, 9.17) is 10.8 Å². The SMILES string of the molecule is Cc1cnccc1CNc1nccc(C(=O)O)c1N. The zero-order valence-electron chi connectivity index (χ0n) is 10.4. The molecule has 0 aromatic carbocycles. The molecule has 2 aromatic rings. The number of pyridine rings is 2. The van der Waals surface area contributed by atoms with Crippen LogP contribution in [0, 0.1) is 6.92 Å². The fourth-order valence-electron chi connectivity index (χ4n) is 1.68. The lowest BCUT2D eigenvalue weighted by molar-refractivity contribution is 0.0698. The van der Waals surface area contributed by atoms with E-state index >= 15 is 0 Å². The van der Waals surface area contributed by atoms with Crippen LogP contribution >= 0.6 is 0 Å². The summed E-state index contributed by atoms with van der Waals surface area (Å²) in [5, 5.41) is 12.0. The Hall–Kier alpha value is -2.63. The molecular formula is C13H14N4O2. The molecule has 6 nitrogen and oxygen atoms in total. The number of aromatic nitrogens is 2. The lowest BCUT2D eigenvalue weighted by atomic mass is 10.1. The summed E-state index contributed by atoms with van der Waals surface area (Å²) in [7, 11) is 0. The highest BCUT2D eigenvalue weighted by Crippen LogP contribution is 2.20. The van der Waals surface area contributed by atoms with Crippen LogP contribution in [0.3, 0.4) is 0 Å². The second-order valence-electron chi connectivity index (χ2n) is 4.08. The van der Waals surface area contributed by atoms with Gasteiger partial charge in [-0.25, -0.2) is 9.78 Å². The van der Waals surface area contributed by atoms with Gasteiger partial charge in [-0.05, 0) is 30.2 Å². The molecule has 0 aliphatic heterocycles. The molecule has 2 aromatic heterocycles. The van der Waals surface area contributed by atoms with Crippen LogP contribution < -0.4 is 11.1 Å². The number of nitrogens with zero attached hydrogens (tertiary/aromatic N) is 2. The van der Waals surface area contributed by atoms with Gasteiger partial charge in [-0.1, -0.05) is 0 Å². The lowest BCUT2D eigenvalue weighted by Gasteiger charge is -2.11. The van der Waals surface area contributed by atoms with Crippen molar-refractivity contribution in [1.82, 2.24) is 9.97 Å². The molecular weight excluding hydrogens is 244 g/mol. The first-order chi connectivity index (χ1) is 9.09. The summed E-state index contributed by atoms with van der Waals surface area (Å²) in [6.07, 6.45) is 4.89. The molecule has 4 N–H and O–H groups in total. The molecule has 0 radical (unpaired) electrons. The topological polar surface area (TPSA) is 101 Å². The zero-order chi connectivity index (χ0) is 13.8. The molecule has 0 fully saturated rings. The normalized spacial score (nSPS) is 10.2. The molecule has 98 valence electrons. The third-order valence-corrected chi connectivity index (χ3v) is 2.80. The van der Waals surface area contributed by atoms with Gasteiger partial charge in [0.1, 0.15) is 5.82 Å². The van der Waals surface area contributed by atoms with Gasteiger partial charge in [-0.2, -0.15) is 0 Å². The average molecular weight is 258 g/mol. The summed E-state index contributed by atoms with van der Waals surface area (Å²) in [6, 6.07) is 3.26. The van der Waals surface area contributed by atoms with Crippen molar-refractivity contribution in [3.63, 3.8) is 0 Å². The van der Waals surface area contributed by atoms with Crippen LogP contribution in [0.15, 0.2) is 30.7 Å². The van der Waals surface area contributed by atoms with E-state index in [9.17, 15) is 4.79 Å². The van der Waals surface area contributed by atoms with E-state index in [1.54, 1.807) is 12.4 Å². The molecule has 0 saturated heterocycles. The quantitative estimate of drug-likeness (QED) is 0.771. The maximum atomic E-state index is 11.0. The number of hydrogen-bond acceptors (Lipinski definition) is 5. The Morgan fingerprint density at radius 1 is 1.42 bits per heavy atom. The van der Waals surface area contributed by atoms with E-state index in [2.05, 4.69) is 15.3 Å². The summed E-state index contributed by atoms with van der Waals surface area (Å²) in [5.41, 5.74) is 8.05. The van der Waals surface area contributed by atoms with E-state index in [1.807, 2.05) is 13.0 Å². The molecule has 0 spiro atoms. The number of hydrogen-bond donors (Lipinski definition) is 3. The van der Waals surface area contributed by atoms with Gasteiger partial charge >= 0.3 is 5.97 Å². The van der Waals surface area contributed by atoms with Crippen LogP contribution in [-0.2, 0) is 6.54 Å². The van der Waals surface area contributed by atoms with Crippen LogP contribution in [0.4, 0.5) is 11.5 Å². The first kappa shape index (κ1) is 12.8. The van der Waals surface area contributed by atoms with Crippen molar-refractivity contribution >= 4 is 17.5 Å². The number of aryl methyl sites for hydroxylation is 1. The predicted molar refractivity (Wildman–Crippen MR) is 71.9 cm³/mol.